The van der Waals surface area contributed by atoms with Crippen molar-refractivity contribution in [3.05, 3.63) is 55.0 Å². The maximum atomic E-state index is 16.2. The van der Waals surface area contributed by atoms with Crippen molar-refractivity contribution in [1.29, 1.82) is 0 Å². The van der Waals surface area contributed by atoms with Crippen molar-refractivity contribution in [2.75, 3.05) is 0 Å². The number of H-pyrrole nitrogens is 2. The summed E-state index contributed by atoms with van der Waals surface area (Å²) in [6.45, 7) is 0. The largest absolute Gasteiger partial charge is 0.335 e. The Balaban J connectivity index is 1.59. The van der Waals surface area contributed by atoms with E-state index in [1.165, 1.54) is 11.3 Å². The molecule has 1 aliphatic carbocycles. The number of fused-ring (bicyclic) bond motifs is 9. The summed E-state index contributed by atoms with van der Waals surface area (Å²) in [7, 11) is 0. The van der Waals surface area contributed by atoms with E-state index in [9.17, 15) is 4.79 Å². The maximum absolute atomic E-state index is 16.2. The molecule has 39 heavy (non-hydrogen) atoms. The van der Waals surface area contributed by atoms with Gasteiger partial charge in [-0.15, -0.1) is 11.3 Å². The molecule has 2 N–H and O–H groups in total. The Morgan fingerprint density at radius 3 is 2.74 bits per heavy atom. The van der Waals surface area contributed by atoms with Crippen LogP contribution in [0.2, 0.25) is 0 Å². The Morgan fingerprint density at radius 1 is 0.974 bits per heavy atom. The smallest absolute Gasteiger partial charge is 0.235 e. The van der Waals surface area contributed by atoms with Crippen molar-refractivity contribution >= 4 is 81.7 Å². The molecule has 0 aliphatic heterocycles. The number of rotatable bonds is 1. The number of halogens is 1. The summed E-state index contributed by atoms with van der Waals surface area (Å²) in [5.41, 5.74) is 3.35. The molecule has 1 fully saturated rings. The Labute approximate surface area is 223 Å². The van der Waals surface area contributed by atoms with Crippen molar-refractivity contribution in [1.82, 2.24) is 39.7 Å². The van der Waals surface area contributed by atoms with Gasteiger partial charge in [-0.2, -0.15) is 5.10 Å². The van der Waals surface area contributed by atoms with Gasteiger partial charge in [0.15, 0.2) is 11.5 Å². The molecule has 1 saturated carbocycles. The highest BCUT2D eigenvalue weighted by molar-refractivity contribution is 7.24. The van der Waals surface area contributed by atoms with Crippen LogP contribution in [0.5, 0.6) is 0 Å². The predicted octanol–water partition coefficient (Wildman–Crippen LogP) is 6.58. The Hall–Kier alpha value is -4.51. The third kappa shape index (κ3) is 3.42. The molecule has 7 aromatic rings. The second kappa shape index (κ2) is 8.50. The number of hydrogen-bond donors (Lipinski definition) is 2. The number of aromatic nitrogens is 8. The quantitative estimate of drug-likeness (QED) is 0.245. The number of thiophene rings is 1. The van der Waals surface area contributed by atoms with Crippen LogP contribution in [0, 0.1) is 11.7 Å². The van der Waals surface area contributed by atoms with Crippen LogP contribution in [-0.2, 0) is 0 Å². The number of carbonyl (C=O) groups excluding carboxylic acids is 1. The highest BCUT2D eigenvalue weighted by atomic mass is 32.1. The Kier molecular flexibility index (Phi) is 4.90. The fraction of sp³-hybridized carbons (Fsp3) is 0.214. The Morgan fingerprint density at radius 2 is 1.85 bits per heavy atom. The van der Waals surface area contributed by atoms with Crippen molar-refractivity contribution in [2.45, 2.75) is 32.1 Å². The van der Waals surface area contributed by atoms with E-state index in [4.69, 9.17) is 4.98 Å². The summed E-state index contributed by atoms with van der Waals surface area (Å²) in [5, 5.41) is 8.83. The number of imidazole rings is 1. The molecule has 8 rings (SSSR count). The first-order chi connectivity index (χ1) is 19.2. The lowest BCUT2D eigenvalue weighted by molar-refractivity contribution is 0.0812. The lowest BCUT2D eigenvalue weighted by Gasteiger charge is -2.21. The molecule has 0 atom stereocenters. The number of hydrogen-bond acceptors (Lipinski definition) is 7. The molecule has 0 radical (unpaired) electrons. The number of nitrogens with zero attached hydrogens (tertiary/aromatic N) is 6. The summed E-state index contributed by atoms with van der Waals surface area (Å²) in [5.74, 6) is -0.577. The van der Waals surface area contributed by atoms with E-state index >= 15 is 4.39 Å². The minimum atomic E-state index is -0.535. The molecule has 0 aromatic carbocycles. The van der Waals surface area contributed by atoms with Crippen molar-refractivity contribution in [2.24, 2.45) is 5.92 Å². The van der Waals surface area contributed by atoms with Gasteiger partial charge in [0.25, 0.3) is 0 Å². The second-order valence-electron chi connectivity index (χ2n) is 10.0. The standard InChI is InChI=1S/C28H21FN8OS/c29-23-22-18-13-32-24(23)15-8-16(10-30-9-15)37(28(38)14-4-2-1-3-5-14)21-7-6-20(39-21)17-11-31-12-19-25(17)34-27(33-19)26(22)36-35-18/h6-14H,1-5H2,(H,33,34)(H,35,36). The summed E-state index contributed by atoms with van der Waals surface area (Å²) in [6, 6.07) is 5.73. The Bertz CT molecular complexity index is 2170. The highest BCUT2D eigenvalue weighted by Gasteiger charge is 2.24. The first kappa shape index (κ1) is 22.5. The molecule has 7 heterocycles. The number of nitrogens with one attached hydrogen (secondary N) is 2. The third-order valence-electron chi connectivity index (χ3n) is 7.67. The zero-order chi connectivity index (χ0) is 26.1. The topological polar surface area (TPSA) is 118 Å². The minimum Gasteiger partial charge on any atom is -0.335 e. The minimum absolute atomic E-state index is 0.0331. The zero-order valence-electron chi connectivity index (χ0n) is 20.6. The molecule has 0 spiro atoms. The van der Waals surface area contributed by atoms with Gasteiger partial charge in [-0.05, 0) is 31.0 Å². The van der Waals surface area contributed by atoms with Gasteiger partial charge < -0.3 is 4.98 Å². The molecule has 1 aliphatic rings. The maximum Gasteiger partial charge on any atom is 0.235 e. The molecule has 8 bridgehead atoms. The van der Waals surface area contributed by atoms with Gasteiger partial charge in [-0.25, -0.2) is 9.37 Å². The fourth-order valence-corrected chi connectivity index (χ4v) is 6.78. The molecular formula is C28H21FN8OS. The van der Waals surface area contributed by atoms with Gasteiger partial charge in [-0.1, -0.05) is 19.3 Å². The van der Waals surface area contributed by atoms with E-state index in [-0.39, 0.29) is 22.7 Å². The number of pyridine rings is 3. The van der Waals surface area contributed by atoms with Gasteiger partial charge in [0.2, 0.25) is 5.91 Å². The van der Waals surface area contributed by atoms with Crippen LogP contribution in [0.3, 0.4) is 0 Å². The molecule has 11 heteroatoms. The molecule has 192 valence electrons. The van der Waals surface area contributed by atoms with Crippen LogP contribution in [0.15, 0.2) is 49.2 Å². The summed E-state index contributed by atoms with van der Waals surface area (Å²) >= 11 is 1.49. The molecule has 7 aromatic heterocycles. The second-order valence-corrected chi connectivity index (χ2v) is 11.1. The summed E-state index contributed by atoms with van der Waals surface area (Å²) in [6.07, 6.45) is 13.2. The van der Waals surface area contributed by atoms with E-state index in [1.54, 1.807) is 41.6 Å². The van der Waals surface area contributed by atoms with E-state index < -0.39 is 5.82 Å². The normalized spacial score (nSPS) is 14.8. The molecule has 0 saturated heterocycles. The average molecular weight is 537 g/mol. The predicted molar refractivity (Wildman–Crippen MR) is 150 cm³/mol. The van der Waals surface area contributed by atoms with Crippen molar-refractivity contribution in [3.8, 4) is 0 Å². The van der Waals surface area contributed by atoms with Crippen LogP contribution in [0.4, 0.5) is 4.39 Å². The molecule has 0 unspecified atom stereocenters. The lowest BCUT2D eigenvalue weighted by Crippen LogP contribution is -2.24. The highest BCUT2D eigenvalue weighted by Crippen LogP contribution is 2.33. The van der Waals surface area contributed by atoms with Crippen LogP contribution >= 0.6 is 11.3 Å². The van der Waals surface area contributed by atoms with Crippen LogP contribution in [0.25, 0.3) is 64.4 Å². The monoisotopic (exact) mass is 536 g/mol. The van der Waals surface area contributed by atoms with E-state index in [0.29, 0.717) is 38.6 Å². The first-order valence-electron chi connectivity index (χ1n) is 12.9. The lowest BCUT2D eigenvalue weighted by atomic mass is 9.88. The van der Waals surface area contributed by atoms with Crippen LogP contribution < -0.4 is 0 Å². The van der Waals surface area contributed by atoms with Gasteiger partial charge in [0.05, 0.1) is 40.5 Å². The molecule has 0 amide bonds. The van der Waals surface area contributed by atoms with Gasteiger partial charge in [0.1, 0.15) is 21.4 Å². The zero-order valence-corrected chi connectivity index (χ0v) is 21.4. The van der Waals surface area contributed by atoms with Crippen molar-refractivity contribution < 1.29 is 9.18 Å². The van der Waals surface area contributed by atoms with Gasteiger partial charge >= 0.3 is 0 Å². The van der Waals surface area contributed by atoms with Crippen molar-refractivity contribution in [3.63, 3.8) is 0 Å². The van der Waals surface area contributed by atoms with E-state index in [1.807, 2.05) is 12.1 Å². The average Bonchev–Trinajstić information content (AvgIpc) is 3.72. The fourth-order valence-electron chi connectivity index (χ4n) is 5.74. The summed E-state index contributed by atoms with van der Waals surface area (Å²) < 4.78 is 18.8. The van der Waals surface area contributed by atoms with Crippen LogP contribution in [0.1, 0.15) is 36.9 Å². The first-order valence-corrected chi connectivity index (χ1v) is 13.7. The number of carbonyl (C=O) groups is 1. The summed E-state index contributed by atoms with van der Waals surface area (Å²) in [4.78, 5) is 36.2. The van der Waals surface area contributed by atoms with E-state index in [0.717, 1.165) is 47.0 Å². The van der Waals surface area contributed by atoms with Gasteiger partial charge in [-0.3, -0.25) is 29.4 Å². The SMILES string of the molecule is O=C(C1CCCCC1)n1c2cncc(c2)c2ncc3[nH]nc(c4nc5c(cncc5c5ccc1s5)[nH]4)c3c2F. The molecular weight excluding hydrogens is 515 g/mol. The van der Waals surface area contributed by atoms with Gasteiger partial charge in [0, 0.05) is 33.8 Å². The molecule has 9 nitrogen and oxygen atoms in total. The van der Waals surface area contributed by atoms with Crippen LogP contribution in [-0.4, -0.2) is 45.6 Å². The number of aromatic amines is 2. The van der Waals surface area contributed by atoms with E-state index in [2.05, 4.69) is 30.1 Å². The third-order valence-corrected chi connectivity index (χ3v) is 8.77.